The molecule has 0 saturated carbocycles. The number of hydrogen-bond donors (Lipinski definition) is 3. The molecule has 8 heteroatoms. The topological polar surface area (TPSA) is 143 Å². The maximum absolute atomic E-state index is 10.8. The van der Waals surface area contributed by atoms with Crippen LogP contribution in [0.25, 0.3) is 11.4 Å². The van der Waals surface area contributed by atoms with E-state index in [1.54, 1.807) is 0 Å². The van der Waals surface area contributed by atoms with Crippen LogP contribution in [0.15, 0.2) is 21.9 Å². The summed E-state index contributed by atoms with van der Waals surface area (Å²) in [7, 11) is 0. The van der Waals surface area contributed by atoms with E-state index in [0.717, 1.165) is 0 Å². The summed E-state index contributed by atoms with van der Waals surface area (Å²) in [6.07, 6.45) is 1.46. The first-order valence-corrected chi connectivity index (χ1v) is 4.48. The van der Waals surface area contributed by atoms with Crippen LogP contribution in [0.3, 0.4) is 0 Å². The van der Waals surface area contributed by atoms with Gasteiger partial charge in [0.25, 0.3) is 5.43 Å². The van der Waals surface area contributed by atoms with Crippen molar-refractivity contribution >= 4 is 5.97 Å². The summed E-state index contributed by atoms with van der Waals surface area (Å²) in [6.45, 7) is -0.505. The minimum absolute atomic E-state index is 0.185. The Balaban J connectivity index is 0.000000185. The molecule has 0 spiro atoms. The molecule has 8 nitrogen and oxygen atoms in total. The van der Waals surface area contributed by atoms with E-state index in [2.05, 4.69) is 9.97 Å². The van der Waals surface area contributed by atoms with E-state index in [-0.39, 0.29) is 5.69 Å². The van der Waals surface area contributed by atoms with Crippen LogP contribution in [0.1, 0.15) is 0 Å². The number of aliphatic hydroxyl groups excluding tert-OH is 1. The molecule has 1 atom stereocenters. The fourth-order valence-electron chi connectivity index (χ4n) is 0.932. The maximum Gasteiger partial charge on any atom is 0.322 e. The van der Waals surface area contributed by atoms with Crippen molar-refractivity contribution in [2.75, 3.05) is 6.61 Å². The number of nitrogens with zero attached hydrogens (tertiary/aromatic N) is 2. The lowest BCUT2D eigenvalue weighted by atomic mass is 10.3. The first-order valence-electron chi connectivity index (χ1n) is 4.48. The van der Waals surface area contributed by atoms with Gasteiger partial charge in [0, 0.05) is 6.20 Å². The van der Waals surface area contributed by atoms with Crippen LogP contribution in [0.4, 0.5) is 0 Å². The van der Waals surface area contributed by atoms with Crippen LogP contribution < -0.4 is 16.7 Å². The van der Waals surface area contributed by atoms with Crippen molar-refractivity contribution in [2.24, 2.45) is 5.73 Å². The van der Waals surface area contributed by atoms with Gasteiger partial charge in [-0.3, -0.25) is 19.4 Å². The van der Waals surface area contributed by atoms with E-state index in [4.69, 9.17) is 15.9 Å². The molecule has 2 aliphatic heterocycles. The van der Waals surface area contributed by atoms with E-state index in [9.17, 15) is 14.4 Å². The molecular formula is C9H9N3O5. The molecule has 0 aliphatic carbocycles. The van der Waals surface area contributed by atoms with E-state index < -0.39 is 29.6 Å². The van der Waals surface area contributed by atoms with Crippen LogP contribution >= 0.6 is 0 Å². The summed E-state index contributed by atoms with van der Waals surface area (Å²) in [5.74, 6) is -1.18. The maximum atomic E-state index is 10.8. The van der Waals surface area contributed by atoms with Crippen molar-refractivity contribution in [3.8, 4) is 11.4 Å². The second-order valence-corrected chi connectivity index (χ2v) is 3.05. The van der Waals surface area contributed by atoms with Gasteiger partial charge in [0.2, 0.25) is 0 Å². The van der Waals surface area contributed by atoms with Crippen molar-refractivity contribution in [3.63, 3.8) is 0 Å². The van der Waals surface area contributed by atoms with E-state index in [1.807, 2.05) is 0 Å². The summed E-state index contributed by atoms with van der Waals surface area (Å²) in [4.78, 5) is 38.0. The lowest BCUT2D eigenvalue weighted by molar-refractivity contribution is -0.139. The number of aliphatic hydroxyl groups is 1. The summed E-state index contributed by atoms with van der Waals surface area (Å²) in [5, 5.41) is 15.9. The van der Waals surface area contributed by atoms with Gasteiger partial charge in [-0.2, -0.15) is 0 Å². The number of carboxylic acid groups (broad SMARTS) is 1. The SMILES string of the molecule is N[C@@H](CO)C(=O)O.O=c1nc2ccnc-2c1=O. The summed E-state index contributed by atoms with van der Waals surface area (Å²) < 4.78 is 0. The Morgan fingerprint density at radius 2 is 2.12 bits per heavy atom. The lowest BCUT2D eigenvalue weighted by Gasteiger charge is -1.96. The van der Waals surface area contributed by atoms with Crippen molar-refractivity contribution < 1.29 is 15.0 Å². The number of aromatic nitrogens is 2. The first kappa shape index (κ1) is 12.9. The molecule has 0 radical (unpaired) electrons. The zero-order chi connectivity index (χ0) is 13.0. The molecule has 0 unspecified atom stereocenters. The van der Waals surface area contributed by atoms with Gasteiger partial charge in [0.1, 0.15) is 11.7 Å². The number of nitrogens with two attached hydrogens (primary N) is 1. The smallest absolute Gasteiger partial charge is 0.322 e. The van der Waals surface area contributed by atoms with Crippen molar-refractivity contribution in [2.45, 2.75) is 6.04 Å². The molecule has 0 fully saturated rings. The number of hydrogen-bond acceptors (Lipinski definition) is 7. The Morgan fingerprint density at radius 3 is 2.53 bits per heavy atom. The third-order valence-corrected chi connectivity index (χ3v) is 1.82. The normalized spacial score (nSPS) is 11.9. The largest absolute Gasteiger partial charge is 0.480 e. The molecule has 0 aromatic carbocycles. The summed E-state index contributed by atoms with van der Waals surface area (Å²) in [5.41, 5.74) is 4.04. The Bertz CT molecular complexity index is 560. The third kappa shape index (κ3) is 2.89. The van der Waals surface area contributed by atoms with Crippen LogP contribution in [-0.2, 0) is 4.79 Å². The number of carboxylic acids is 1. The molecule has 2 aliphatic rings. The number of aliphatic carboxylic acids is 1. The summed E-state index contributed by atoms with van der Waals surface area (Å²) >= 11 is 0. The molecule has 0 bridgehead atoms. The molecule has 0 aromatic heterocycles. The predicted molar refractivity (Wildman–Crippen MR) is 56.3 cm³/mol. The predicted octanol–water partition coefficient (Wildman–Crippen LogP) is -2.43. The van der Waals surface area contributed by atoms with Crippen molar-refractivity contribution in [3.05, 3.63) is 32.8 Å². The van der Waals surface area contributed by atoms with Gasteiger partial charge in [0.05, 0.1) is 12.3 Å². The molecule has 0 amide bonds. The average molecular weight is 239 g/mol. The van der Waals surface area contributed by atoms with E-state index in [0.29, 0.717) is 5.69 Å². The second-order valence-electron chi connectivity index (χ2n) is 3.05. The highest BCUT2D eigenvalue weighted by molar-refractivity contribution is 5.73. The zero-order valence-corrected chi connectivity index (χ0v) is 8.53. The van der Waals surface area contributed by atoms with Crippen molar-refractivity contribution in [1.29, 1.82) is 0 Å². The minimum Gasteiger partial charge on any atom is -0.480 e. The van der Waals surface area contributed by atoms with Gasteiger partial charge in [-0.1, -0.05) is 0 Å². The monoisotopic (exact) mass is 239 g/mol. The fraction of sp³-hybridized carbons (Fsp3) is 0.222. The third-order valence-electron chi connectivity index (χ3n) is 1.82. The quantitative estimate of drug-likeness (QED) is 0.490. The number of fused-ring (bicyclic) bond motifs is 1. The average Bonchev–Trinajstić information content (AvgIpc) is 2.84. The highest BCUT2D eigenvalue weighted by Crippen LogP contribution is 2.08. The molecule has 0 aromatic rings. The fourth-order valence-corrected chi connectivity index (χ4v) is 0.932. The lowest BCUT2D eigenvalue weighted by Crippen LogP contribution is -2.33. The summed E-state index contributed by atoms with van der Waals surface area (Å²) in [6, 6.07) is 0.415. The van der Waals surface area contributed by atoms with E-state index in [1.165, 1.54) is 12.3 Å². The van der Waals surface area contributed by atoms with Crippen LogP contribution in [-0.4, -0.2) is 38.8 Å². The van der Waals surface area contributed by atoms with Crippen LogP contribution in [0, 0.1) is 0 Å². The molecule has 2 heterocycles. The van der Waals surface area contributed by atoms with Gasteiger partial charge in [0.15, 0.2) is 0 Å². The second kappa shape index (κ2) is 5.23. The number of rotatable bonds is 2. The van der Waals surface area contributed by atoms with Gasteiger partial charge < -0.3 is 15.9 Å². The Morgan fingerprint density at radius 1 is 1.47 bits per heavy atom. The van der Waals surface area contributed by atoms with Crippen LogP contribution in [0.2, 0.25) is 0 Å². The molecule has 4 N–H and O–H groups in total. The Labute approximate surface area is 94.4 Å². The van der Waals surface area contributed by atoms with E-state index >= 15 is 0 Å². The van der Waals surface area contributed by atoms with Gasteiger partial charge in [-0.15, -0.1) is 0 Å². The highest BCUT2D eigenvalue weighted by Gasteiger charge is 2.14. The molecular weight excluding hydrogens is 230 g/mol. The molecule has 0 saturated heterocycles. The van der Waals surface area contributed by atoms with Crippen LogP contribution in [0.5, 0.6) is 0 Å². The van der Waals surface area contributed by atoms with Crippen molar-refractivity contribution in [1.82, 2.24) is 9.97 Å². The zero-order valence-electron chi connectivity index (χ0n) is 8.53. The highest BCUT2D eigenvalue weighted by atomic mass is 16.4. The molecule has 17 heavy (non-hydrogen) atoms. The Hall–Kier alpha value is -2.19. The van der Waals surface area contributed by atoms with Gasteiger partial charge in [-0.25, -0.2) is 4.98 Å². The Kier molecular flexibility index (Phi) is 3.96. The standard InChI is InChI=1S/C6H2N2O2.C3H7NO3/c9-5-4-3(1-2-7-4)8-6(5)10;4-2(1-5)3(6)7/h1-2H;2,5H,1,4H2,(H,6,7)/t;2-/m.0/s1. The molecule has 2 rings (SSSR count). The van der Waals surface area contributed by atoms with Gasteiger partial charge in [-0.05, 0) is 6.07 Å². The van der Waals surface area contributed by atoms with Gasteiger partial charge >= 0.3 is 11.5 Å². The minimum atomic E-state index is -1.18. The first-order chi connectivity index (χ1) is 7.97. The number of carbonyl (C=O) groups is 1. The molecule has 90 valence electrons.